The highest BCUT2D eigenvalue weighted by atomic mass is 32.2. The summed E-state index contributed by atoms with van der Waals surface area (Å²) in [7, 11) is -0.756. The van der Waals surface area contributed by atoms with E-state index in [2.05, 4.69) is 16.4 Å². The zero-order valence-electron chi connectivity index (χ0n) is 8.56. The Morgan fingerprint density at radius 2 is 2.47 bits per heavy atom. The highest BCUT2D eigenvalue weighted by Crippen LogP contribution is 2.08. The van der Waals surface area contributed by atoms with Gasteiger partial charge in [0.15, 0.2) is 0 Å². The summed E-state index contributed by atoms with van der Waals surface area (Å²) >= 11 is 0. The summed E-state index contributed by atoms with van der Waals surface area (Å²) in [6, 6.07) is 5.50. The molecule has 0 bridgehead atoms. The van der Waals surface area contributed by atoms with Crippen LogP contribution >= 0.6 is 0 Å². The molecule has 15 heavy (non-hydrogen) atoms. The van der Waals surface area contributed by atoms with Crippen LogP contribution in [0, 0.1) is 11.3 Å². The molecule has 0 radical (unpaired) electrons. The minimum atomic E-state index is -0.756. The number of aromatic nitrogens is 1. The van der Waals surface area contributed by atoms with Crippen molar-refractivity contribution in [1.29, 1.82) is 5.26 Å². The predicted molar refractivity (Wildman–Crippen MR) is 61.0 cm³/mol. The van der Waals surface area contributed by atoms with E-state index >= 15 is 0 Å². The van der Waals surface area contributed by atoms with Crippen LogP contribution in [-0.2, 0) is 10.8 Å². The third-order valence-electron chi connectivity index (χ3n) is 1.83. The highest BCUT2D eigenvalue weighted by Gasteiger charge is 2.00. The van der Waals surface area contributed by atoms with Gasteiger partial charge in [-0.15, -0.1) is 0 Å². The zero-order chi connectivity index (χ0) is 11.1. The second-order valence-corrected chi connectivity index (χ2v) is 4.62. The Morgan fingerprint density at radius 1 is 1.67 bits per heavy atom. The molecule has 4 nitrogen and oxygen atoms in total. The van der Waals surface area contributed by atoms with Crippen molar-refractivity contribution >= 4 is 16.6 Å². The normalized spacial score (nSPS) is 11.7. The number of rotatable bonds is 5. The summed E-state index contributed by atoms with van der Waals surface area (Å²) < 4.78 is 10.8. The molecule has 0 amide bonds. The van der Waals surface area contributed by atoms with Gasteiger partial charge in [-0.3, -0.25) is 4.21 Å². The van der Waals surface area contributed by atoms with Crippen molar-refractivity contribution in [2.75, 3.05) is 23.9 Å². The van der Waals surface area contributed by atoms with Crippen LogP contribution in [0.4, 0.5) is 5.82 Å². The first-order chi connectivity index (χ1) is 7.24. The first kappa shape index (κ1) is 11.7. The molecule has 1 aromatic heterocycles. The van der Waals surface area contributed by atoms with Gasteiger partial charge >= 0.3 is 0 Å². The summed E-state index contributed by atoms with van der Waals surface area (Å²) in [6.45, 7) is 0.686. The molecule has 1 N–H and O–H groups in total. The minimum absolute atomic E-state index is 0.537. The van der Waals surface area contributed by atoms with E-state index in [0.29, 0.717) is 23.7 Å². The fourth-order valence-electron chi connectivity index (χ4n) is 1.12. The lowest BCUT2D eigenvalue weighted by Crippen LogP contribution is -2.08. The summed E-state index contributed by atoms with van der Waals surface area (Å²) in [4.78, 5) is 4.06. The third-order valence-corrected chi connectivity index (χ3v) is 2.69. The average Bonchev–Trinajstić information content (AvgIpc) is 2.24. The SMILES string of the molecule is CS(=O)CCCNc1ncccc1C#N. The van der Waals surface area contributed by atoms with Crippen LogP contribution < -0.4 is 5.32 Å². The van der Waals surface area contributed by atoms with Crippen LogP contribution in [-0.4, -0.2) is 27.7 Å². The Labute approximate surface area is 91.8 Å². The Bertz CT molecular complexity index is 386. The number of hydrogen-bond acceptors (Lipinski definition) is 4. The maximum atomic E-state index is 10.8. The minimum Gasteiger partial charge on any atom is -0.369 e. The maximum Gasteiger partial charge on any atom is 0.143 e. The van der Waals surface area contributed by atoms with Crippen LogP contribution in [0.2, 0.25) is 0 Å². The number of nitriles is 1. The Morgan fingerprint density at radius 3 is 3.13 bits per heavy atom. The monoisotopic (exact) mass is 223 g/mol. The Balaban J connectivity index is 2.44. The maximum absolute atomic E-state index is 10.8. The van der Waals surface area contributed by atoms with Crippen LogP contribution in [0.5, 0.6) is 0 Å². The lowest BCUT2D eigenvalue weighted by atomic mass is 10.3. The molecule has 1 rings (SSSR count). The number of anilines is 1. The Hall–Kier alpha value is -1.41. The van der Waals surface area contributed by atoms with Crippen molar-refractivity contribution in [3.05, 3.63) is 23.9 Å². The topological polar surface area (TPSA) is 65.8 Å². The van der Waals surface area contributed by atoms with Crippen LogP contribution in [0.25, 0.3) is 0 Å². The molecular weight excluding hydrogens is 210 g/mol. The quantitative estimate of drug-likeness (QED) is 0.760. The molecule has 0 spiro atoms. The summed E-state index contributed by atoms with van der Waals surface area (Å²) in [5.74, 6) is 1.27. The zero-order valence-corrected chi connectivity index (χ0v) is 9.38. The first-order valence-corrected chi connectivity index (χ1v) is 6.36. The molecule has 0 fully saturated rings. The number of hydrogen-bond donors (Lipinski definition) is 1. The van der Waals surface area contributed by atoms with Crippen molar-refractivity contribution in [2.45, 2.75) is 6.42 Å². The van der Waals surface area contributed by atoms with E-state index in [9.17, 15) is 4.21 Å². The van der Waals surface area contributed by atoms with Gasteiger partial charge in [-0.1, -0.05) is 0 Å². The molecule has 1 atom stereocenters. The van der Waals surface area contributed by atoms with E-state index in [1.54, 1.807) is 24.6 Å². The highest BCUT2D eigenvalue weighted by molar-refractivity contribution is 7.84. The molecule has 0 aliphatic carbocycles. The Kier molecular flexibility index (Phi) is 4.78. The molecule has 0 aromatic carbocycles. The van der Waals surface area contributed by atoms with Crippen LogP contribution in [0.15, 0.2) is 18.3 Å². The second kappa shape index (κ2) is 6.14. The van der Waals surface area contributed by atoms with Crippen molar-refractivity contribution in [1.82, 2.24) is 4.98 Å². The lowest BCUT2D eigenvalue weighted by Gasteiger charge is -2.05. The van der Waals surface area contributed by atoms with Crippen LogP contribution in [0.3, 0.4) is 0 Å². The van der Waals surface area contributed by atoms with Crippen molar-refractivity contribution in [3.63, 3.8) is 0 Å². The fraction of sp³-hybridized carbons (Fsp3) is 0.400. The molecule has 1 unspecified atom stereocenters. The van der Waals surface area contributed by atoms with E-state index in [-0.39, 0.29) is 0 Å². The van der Waals surface area contributed by atoms with Gasteiger partial charge in [0.1, 0.15) is 11.9 Å². The standard InChI is InChI=1S/C10H13N3OS/c1-15(14)7-3-6-13-10-9(8-11)4-2-5-12-10/h2,4-5H,3,6-7H2,1H3,(H,12,13). The van der Waals surface area contributed by atoms with Gasteiger partial charge in [0.05, 0.1) is 5.56 Å². The van der Waals surface area contributed by atoms with Crippen molar-refractivity contribution in [2.24, 2.45) is 0 Å². The second-order valence-electron chi connectivity index (χ2n) is 3.07. The molecular formula is C10H13N3OS. The van der Waals surface area contributed by atoms with Crippen molar-refractivity contribution in [3.8, 4) is 6.07 Å². The molecule has 0 aliphatic heterocycles. The molecule has 5 heteroatoms. The number of pyridine rings is 1. The smallest absolute Gasteiger partial charge is 0.143 e. The predicted octanol–water partition coefficient (Wildman–Crippen LogP) is 1.13. The molecule has 0 saturated heterocycles. The molecule has 0 aliphatic rings. The first-order valence-electron chi connectivity index (χ1n) is 4.63. The van der Waals surface area contributed by atoms with E-state index in [1.807, 2.05) is 0 Å². The third kappa shape index (κ3) is 4.09. The van der Waals surface area contributed by atoms with E-state index in [4.69, 9.17) is 5.26 Å². The largest absolute Gasteiger partial charge is 0.369 e. The summed E-state index contributed by atoms with van der Waals surface area (Å²) in [5, 5.41) is 11.8. The molecule has 1 aromatic rings. The fourth-order valence-corrected chi connectivity index (χ4v) is 1.67. The van der Waals surface area contributed by atoms with E-state index in [1.165, 1.54) is 0 Å². The van der Waals surface area contributed by atoms with Gasteiger partial charge < -0.3 is 5.32 Å². The average molecular weight is 223 g/mol. The number of nitrogens with zero attached hydrogens (tertiary/aromatic N) is 2. The van der Waals surface area contributed by atoms with Gasteiger partial charge in [0, 0.05) is 35.5 Å². The van der Waals surface area contributed by atoms with Crippen molar-refractivity contribution < 1.29 is 4.21 Å². The molecule has 0 saturated carbocycles. The summed E-state index contributed by atoms with van der Waals surface area (Å²) in [6.07, 6.45) is 4.13. The van der Waals surface area contributed by atoms with E-state index in [0.717, 1.165) is 6.42 Å². The van der Waals surface area contributed by atoms with E-state index < -0.39 is 10.8 Å². The lowest BCUT2D eigenvalue weighted by molar-refractivity contribution is 0.685. The summed E-state index contributed by atoms with van der Waals surface area (Å²) in [5.41, 5.74) is 0.537. The van der Waals surface area contributed by atoms with Gasteiger partial charge in [0.2, 0.25) is 0 Å². The van der Waals surface area contributed by atoms with Gasteiger partial charge in [-0.25, -0.2) is 4.98 Å². The molecule has 80 valence electrons. The van der Waals surface area contributed by atoms with Crippen LogP contribution in [0.1, 0.15) is 12.0 Å². The van der Waals surface area contributed by atoms with Gasteiger partial charge in [-0.2, -0.15) is 5.26 Å². The number of nitrogens with one attached hydrogen (secondary N) is 1. The van der Waals surface area contributed by atoms with Gasteiger partial charge in [0.25, 0.3) is 0 Å². The molecule has 1 heterocycles. The van der Waals surface area contributed by atoms with Gasteiger partial charge in [-0.05, 0) is 18.6 Å².